The van der Waals surface area contributed by atoms with Crippen molar-refractivity contribution in [1.82, 2.24) is 0 Å². The van der Waals surface area contributed by atoms with E-state index in [2.05, 4.69) is 40.2 Å². The van der Waals surface area contributed by atoms with Gasteiger partial charge in [-0.3, -0.25) is 0 Å². The quantitative estimate of drug-likeness (QED) is 0.669. The summed E-state index contributed by atoms with van der Waals surface area (Å²) in [7, 11) is 0. The molecular formula is C18H17BrF2. The predicted octanol–water partition coefficient (Wildman–Crippen LogP) is 5.18. The number of fused-ring (bicyclic) bond motifs is 1. The van der Waals surface area contributed by atoms with Crippen molar-refractivity contribution in [1.29, 1.82) is 0 Å². The Morgan fingerprint density at radius 1 is 1.05 bits per heavy atom. The van der Waals surface area contributed by atoms with Gasteiger partial charge in [0, 0.05) is 10.7 Å². The Balaban J connectivity index is 2.00. The van der Waals surface area contributed by atoms with Crippen LogP contribution in [0.5, 0.6) is 0 Å². The van der Waals surface area contributed by atoms with Crippen LogP contribution in [0.3, 0.4) is 0 Å². The number of hydrogen-bond donors (Lipinski definition) is 0. The highest BCUT2D eigenvalue weighted by Gasteiger charge is 2.35. The van der Waals surface area contributed by atoms with E-state index in [0.717, 1.165) is 36.6 Å². The monoisotopic (exact) mass is 350 g/mol. The summed E-state index contributed by atoms with van der Waals surface area (Å²) in [5, 5.41) is 0.829. The largest absolute Gasteiger partial charge is 0.204 e. The van der Waals surface area contributed by atoms with Crippen molar-refractivity contribution < 1.29 is 8.78 Å². The van der Waals surface area contributed by atoms with E-state index in [9.17, 15) is 8.78 Å². The first-order valence-electron chi connectivity index (χ1n) is 7.23. The summed E-state index contributed by atoms with van der Waals surface area (Å²) in [5.41, 5.74) is 3.55. The molecule has 0 radical (unpaired) electrons. The van der Waals surface area contributed by atoms with E-state index in [1.165, 1.54) is 23.3 Å². The molecule has 0 spiro atoms. The first-order chi connectivity index (χ1) is 10.1. The summed E-state index contributed by atoms with van der Waals surface area (Å²) in [4.78, 5) is 0. The SMILES string of the molecule is Fc1ccc(CC2(CBr)CCCc3ccccc32)cc1F. The zero-order valence-corrected chi connectivity index (χ0v) is 13.3. The van der Waals surface area contributed by atoms with Crippen LogP contribution in [0.2, 0.25) is 0 Å². The van der Waals surface area contributed by atoms with Crippen LogP contribution in [-0.4, -0.2) is 5.33 Å². The standard InChI is InChI=1S/C18H17BrF2/c19-12-18(11-13-7-8-16(20)17(21)10-13)9-3-5-14-4-1-2-6-15(14)18/h1-2,4,6-8,10H,3,5,9,11-12H2. The average molecular weight is 351 g/mol. The van der Waals surface area contributed by atoms with Gasteiger partial charge in [-0.15, -0.1) is 0 Å². The predicted molar refractivity (Wildman–Crippen MR) is 84.9 cm³/mol. The molecule has 2 aromatic carbocycles. The smallest absolute Gasteiger partial charge is 0.159 e. The van der Waals surface area contributed by atoms with E-state index in [1.54, 1.807) is 6.07 Å². The fourth-order valence-corrected chi connectivity index (χ4v) is 4.20. The van der Waals surface area contributed by atoms with Crippen molar-refractivity contribution in [3.05, 3.63) is 70.8 Å². The minimum Gasteiger partial charge on any atom is -0.204 e. The molecule has 0 aromatic heterocycles. The third kappa shape index (κ3) is 2.76. The molecule has 21 heavy (non-hydrogen) atoms. The van der Waals surface area contributed by atoms with Crippen molar-refractivity contribution >= 4 is 15.9 Å². The van der Waals surface area contributed by atoms with Crippen molar-refractivity contribution in [2.45, 2.75) is 31.1 Å². The second kappa shape index (κ2) is 5.88. The lowest BCUT2D eigenvalue weighted by Gasteiger charge is -2.38. The highest BCUT2D eigenvalue weighted by molar-refractivity contribution is 9.09. The van der Waals surface area contributed by atoms with Crippen molar-refractivity contribution in [3.8, 4) is 0 Å². The molecule has 0 amide bonds. The Bertz CT molecular complexity index is 653. The molecule has 0 bridgehead atoms. The second-order valence-corrected chi connectivity index (χ2v) is 6.41. The Hall–Kier alpha value is -1.22. The molecule has 110 valence electrons. The average Bonchev–Trinajstić information content (AvgIpc) is 2.51. The zero-order chi connectivity index (χ0) is 14.9. The summed E-state index contributed by atoms with van der Waals surface area (Å²) < 4.78 is 26.6. The lowest BCUT2D eigenvalue weighted by Crippen LogP contribution is -2.35. The van der Waals surface area contributed by atoms with Gasteiger partial charge in [0.2, 0.25) is 0 Å². The molecule has 1 unspecified atom stereocenters. The molecule has 3 heteroatoms. The van der Waals surface area contributed by atoms with E-state index in [4.69, 9.17) is 0 Å². The van der Waals surface area contributed by atoms with Crippen molar-refractivity contribution in [2.75, 3.05) is 5.33 Å². The third-order valence-corrected chi connectivity index (χ3v) is 5.55. The van der Waals surface area contributed by atoms with E-state index >= 15 is 0 Å². The fourth-order valence-electron chi connectivity index (χ4n) is 3.42. The Morgan fingerprint density at radius 2 is 1.86 bits per heavy atom. The molecule has 0 N–H and O–H groups in total. The fraction of sp³-hybridized carbons (Fsp3) is 0.333. The highest BCUT2D eigenvalue weighted by Crippen LogP contribution is 2.41. The third-order valence-electron chi connectivity index (χ3n) is 4.47. The molecule has 3 rings (SSSR count). The molecule has 2 aromatic rings. The van der Waals surface area contributed by atoms with Gasteiger partial charge in [-0.2, -0.15) is 0 Å². The molecule has 0 saturated heterocycles. The van der Waals surface area contributed by atoms with Gasteiger partial charge in [-0.1, -0.05) is 46.3 Å². The summed E-state index contributed by atoms with van der Waals surface area (Å²) in [6.45, 7) is 0. The topological polar surface area (TPSA) is 0 Å². The van der Waals surface area contributed by atoms with E-state index in [-0.39, 0.29) is 5.41 Å². The maximum absolute atomic E-state index is 13.5. The molecule has 0 nitrogen and oxygen atoms in total. The molecule has 0 heterocycles. The van der Waals surface area contributed by atoms with Crippen LogP contribution in [0.4, 0.5) is 8.78 Å². The van der Waals surface area contributed by atoms with Gasteiger partial charge < -0.3 is 0 Å². The van der Waals surface area contributed by atoms with Crippen LogP contribution >= 0.6 is 15.9 Å². The molecular weight excluding hydrogens is 334 g/mol. The van der Waals surface area contributed by atoms with Crippen LogP contribution in [0.25, 0.3) is 0 Å². The minimum absolute atomic E-state index is 0.0287. The van der Waals surface area contributed by atoms with E-state index in [0.29, 0.717) is 0 Å². The van der Waals surface area contributed by atoms with Gasteiger partial charge in [-0.25, -0.2) is 8.78 Å². The maximum Gasteiger partial charge on any atom is 0.159 e. The summed E-state index contributed by atoms with van der Waals surface area (Å²) in [6.07, 6.45) is 4.02. The van der Waals surface area contributed by atoms with Crippen LogP contribution in [0.15, 0.2) is 42.5 Å². The number of rotatable bonds is 3. The molecule has 1 atom stereocenters. The minimum atomic E-state index is -0.782. The van der Waals surface area contributed by atoms with Gasteiger partial charge in [-0.05, 0) is 54.5 Å². The normalized spacial score (nSPS) is 21.1. The zero-order valence-electron chi connectivity index (χ0n) is 11.7. The van der Waals surface area contributed by atoms with Crippen molar-refractivity contribution in [2.24, 2.45) is 0 Å². The lowest BCUT2D eigenvalue weighted by atomic mass is 9.68. The van der Waals surface area contributed by atoms with Gasteiger partial charge in [0.1, 0.15) is 0 Å². The summed E-state index contributed by atoms with van der Waals surface area (Å²) in [6, 6.07) is 12.7. The molecule has 0 saturated carbocycles. The van der Waals surface area contributed by atoms with Gasteiger partial charge >= 0.3 is 0 Å². The van der Waals surface area contributed by atoms with Crippen molar-refractivity contribution in [3.63, 3.8) is 0 Å². The van der Waals surface area contributed by atoms with Crippen LogP contribution in [0.1, 0.15) is 29.5 Å². The Morgan fingerprint density at radius 3 is 2.62 bits per heavy atom. The number of aryl methyl sites for hydroxylation is 1. The Labute approximate surface area is 132 Å². The molecule has 1 aliphatic carbocycles. The van der Waals surface area contributed by atoms with Crippen LogP contribution in [-0.2, 0) is 18.3 Å². The van der Waals surface area contributed by atoms with E-state index in [1.807, 2.05) is 0 Å². The van der Waals surface area contributed by atoms with Gasteiger partial charge in [0.05, 0.1) is 0 Å². The number of benzene rings is 2. The maximum atomic E-state index is 13.5. The first-order valence-corrected chi connectivity index (χ1v) is 8.35. The molecule has 0 aliphatic heterocycles. The highest BCUT2D eigenvalue weighted by atomic mass is 79.9. The number of halogens is 3. The van der Waals surface area contributed by atoms with E-state index < -0.39 is 11.6 Å². The van der Waals surface area contributed by atoms with Gasteiger partial charge in [0.25, 0.3) is 0 Å². The molecule has 0 fully saturated rings. The second-order valence-electron chi connectivity index (χ2n) is 5.85. The number of alkyl halides is 1. The summed E-state index contributed by atoms with van der Waals surface area (Å²) in [5.74, 6) is -1.54. The number of hydrogen-bond acceptors (Lipinski definition) is 0. The molecule has 1 aliphatic rings. The lowest BCUT2D eigenvalue weighted by molar-refractivity contribution is 0.400. The van der Waals surface area contributed by atoms with Crippen LogP contribution < -0.4 is 0 Å². The van der Waals surface area contributed by atoms with Gasteiger partial charge in [0.15, 0.2) is 11.6 Å². The Kier molecular flexibility index (Phi) is 4.12. The first kappa shape index (κ1) is 14.7. The van der Waals surface area contributed by atoms with Crippen LogP contribution in [0, 0.1) is 11.6 Å². The summed E-state index contributed by atoms with van der Waals surface area (Å²) >= 11 is 3.66.